The third-order valence-corrected chi connectivity index (χ3v) is 7.92. The second-order valence-corrected chi connectivity index (χ2v) is 10.4. The Balaban J connectivity index is 1.85. The molecule has 0 amide bonds. The zero-order chi connectivity index (χ0) is 27.2. The summed E-state index contributed by atoms with van der Waals surface area (Å²) in [4.78, 5) is 18.8. The van der Waals surface area contributed by atoms with E-state index < -0.39 is 5.41 Å². The predicted molar refractivity (Wildman–Crippen MR) is 156 cm³/mol. The lowest BCUT2D eigenvalue weighted by Crippen LogP contribution is -2.49. The van der Waals surface area contributed by atoms with Crippen molar-refractivity contribution in [1.82, 2.24) is 4.90 Å². The molecule has 4 aromatic carbocycles. The monoisotopic (exact) mass is 577 g/mol. The topological polar surface area (TPSA) is 65.7 Å². The van der Waals surface area contributed by atoms with Crippen LogP contribution in [0.1, 0.15) is 40.8 Å². The number of aliphatic imine (C=N–C) groups is 1. The van der Waals surface area contributed by atoms with E-state index in [4.69, 9.17) is 4.74 Å². The SMILES string of the molecule is CC(=O)OCC1C=NCN1C(c1ccc(C#N)c(Br)c1)C(c1ccccc1)(c1ccccc1)c1ccccc1. The fourth-order valence-corrected chi connectivity index (χ4v) is 6.11. The molecule has 0 N–H and O–H groups in total. The predicted octanol–water partition coefficient (Wildman–Crippen LogP) is 6.67. The Morgan fingerprint density at radius 3 is 1.97 bits per heavy atom. The van der Waals surface area contributed by atoms with Crippen LogP contribution in [-0.2, 0) is 14.9 Å². The molecule has 5 rings (SSSR count). The molecule has 0 bridgehead atoms. The Morgan fingerprint density at radius 1 is 0.974 bits per heavy atom. The molecule has 1 aliphatic rings. The first kappa shape index (κ1) is 26.6. The van der Waals surface area contributed by atoms with Crippen molar-refractivity contribution in [3.05, 3.63) is 141 Å². The molecule has 39 heavy (non-hydrogen) atoms. The minimum Gasteiger partial charge on any atom is -0.464 e. The average molecular weight is 579 g/mol. The highest BCUT2D eigenvalue weighted by molar-refractivity contribution is 9.10. The van der Waals surface area contributed by atoms with Gasteiger partial charge in [-0.2, -0.15) is 5.26 Å². The average Bonchev–Trinajstić information content (AvgIpc) is 3.44. The summed E-state index contributed by atoms with van der Waals surface area (Å²) in [6.45, 7) is 2.05. The number of ether oxygens (including phenoxy) is 1. The number of benzene rings is 4. The smallest absolute Gasteiger partial charge is 0.302 e. The summed E-state index contributed by atoms with van der Waals surface area (Å²) in [5.41, 5.74) is 4.25. The summed E-state index contributed by atoms with van der Waals surface area (Å²) in [5.74, 6) is -0.326. The van der Waals surface area contributed by atoms with E-state index in [1.807, 2.05) is 42.6 Å². The fraction of sp³-hybridized carbons (Fsp3) is 0.182. The Bertz CT molecular complexity index is 1400. The van der Waals surface area contributed by atoms with Crippen LogP contribution in [0.5, 0.6) is 0 Å². The van der Waals surface area contributed by atoms with E-state index >= 15 is 0 Å². The number of esters is 1. The van der Waals surface area contributed by atoms with E-state index in [1.165, 1.54) is 6.92 Å². The van der Waals surface area contributed by atoms with Crippen molar-refractivity contribution in [1.29, 1.82) is 5.26 Å². The van der Waals surface area contributed by atoms with Gasteiger partial charge in [-0.05, 0) is 50.3 Å². The quantitative estimate of drug-likeness (QED) is 0.173. The van der Waals surface area contributed by atoms with Gasteiger partial charge in [0.1, 0.15) is 12.7 Å². The van der Waals surface area contributed by atoms with Crippen LogP contribution in [0, 0.1) is 11.3 Å². The van der Waals surface area contributed by atoms with Crippen LogP contribution in [0.15, 0.2) is 119 Å². The normalized spacial score (nSPS) is 16.0. The lowest BCUT2D eigenvalue weighted by atomic mass is 9.62. The minimum atomic E-state index is -0.681. The highest BCUT2D eigenvalue weighted by Gasteiger charge is 2.49. The number of halogens is 1. The van der Waals surface area contributed by atoms with Crippen molar-refractivity contribution < 1.29 is 9.53 Å². The second kappa shape index (κ2) is 11.8. The zero-order valence-electron chi connectivity index (χ0n) is 21.6. The van der Waals surface area contributed by atoms with Crippen molar-refractivity contribution >= 4 is 28.1 Å². The molecular formula is C33H28BrN3O2. The lowest BCUT2D eigenvalue weighted by Gasteiger charge is -2.48. The molecule has 0 radical (unpaired) electrons. The number of nitriles is 1. The summed E-state index contributed by atoms with van der Waals surface area (Å²) in [5, 5.41) is 9.66. The number of carbonyl (C=O) groups excluding carboxylic acids is 1. The van der Waals surface area contributed by atoms with Gasteiger partial charge in [0.2, 0.25) is 0 Å². The first-order valence-corrected chi connectivity index (χ1v) is 13.6. The molecule has 1 heterocycles. The molecule has 0 saturated carbocycles. The standard InChI is InChI=1S/C33H28BrN3O2/c1-24(38)39-22-30-21-36-23-37(30)32(25-17-18-26(20-35)31(34)19-25)33(27-11-5-2-6-12-27,28-13-7-3-8-14-28)29-15-9-4-10-16-29/h2-19,21,30,32H,22-23H2,1H3. The van der Waals surface area contributed by atoms with Gasteiger partial charge in [-0.25, -0.2) is 0 Å². The largest absolute Gasteiger partial charge is 0.464 e. The van der Waals surface area contributed by atoms with Crippen LogP contribution >= 0.6 is 15.9 Å². The number of carbonyl (C=O) groups is 1. The van der Waals surface area contributed by atoms with Gasteiger partial charge in [-0.3, -0.25) is 14.7 Å². The lowest BCUT2D eigenvalue weighted by molar-refractivity contribution is -0.142. The third-order valence-electron chi connectivity index (χ3n) is 7.26. The van der Waals surface area contributed by atoms with Crippen molar-refractivity contribution in [3.8, 4) is 6.07 Å². The van der Waals surface area contributed by atoms with Gasteiger partial charge in [-0.15, -0.1) is 0 Å². The Hall–Kier alpha value is -4.05. The van der Waals surface area contributed by atoms with Gasteiger partial charge in [-0.1, -0.05) is 97.1 Å². The number of hydrogen-bond acceptors (Lipinski definition) is 5. The minimum absolute atomic E-state index is 0.196. The van der Waals surface area contributed by atoms with Crippen LogP contribution in [0.2, 0.25) is 0 Å². The van der Waals surface area contributed by atoms with Crippen LogP contribution in [0.25, 0.3) is 0 Å². The van der Waals surface area contributed by atoms with E-state index in [2.05, 4.69) is 105 Å². The van der Waals surface area contributed by atoms with Crippen LogP contribution in [-0.4, -0.2) is 36.4 Å². The highest BCUT2D eigenvalue weighted by atomic mass is 79.9. The van der Waals surface area contributed by atoms with Gasteiger partial charge < -0.3 is 4.74 Å². The first-order valence-electron chi connectivity index (χ1n) is 12.8. The fourth-order valence-electron chi connectivity index (χ4n) is 5.63. The van der Waals surface area contributed by atoms with Crippen molar-refractivity contribution in [2.75, 3.05) is 13.3 Å². The maximum Gasteiger partial charge on any atom is 0.302 e. The first-order chi connectivity index (χ1) is 19.1. The van der Waals surface area contributed by atoms with Gasteiger partial charge in [0.15, 0.2) is 0 Å². The van der Waals surface area contributed by atoms with Crippen LogP contribution in [0.4, 0.5) is 0 Å². The Labute approximate surface area is 237 Å². The van der Waals surface area contributed by atoms with E-state index in [0.717, 1.165) is 26.7 Å². The number of hydrogen-bond donors (Lipinski definition) is 0. The maximum atomic E-state index is 11.8. The molecule has 0 aromatic heterocycles. The summed E-state index contributed by atoms with van der Waals surface area (Å²) in [7, 11) is 0. The van der Waals surface area contributed by atoms with Gasteiger partial charge >= 0.3 is 5.97 Å². The zero-order valence-corrected chi connectivity index (χ0v) is 23.2. The molecule has 194 valence electrons. The second-order valence-electron chi connectivity index (χ2n) is 9.52. The third kappa shape index (κ3) is 5.16. The van der Waals surface area contributed by atoms with Crippen molar-refractivity contribution in [3.63, 3.8) is 0 Å². The molecule has 0 saturated heterocycles. The molecule has 4 aromatic rings. The maximum absolute atomic E-state index is 11.8. The molecule has 2 unspecified atom stereocenters. The molecule has 6 heteroatoms. The molecule has 5 nitrogen and oxygen atoms in total. The Kier molecular flexibility index (Phi) is 8.02. The molecule has 0 fully saturated rings. The van der Waals surface area contributed by atoms with Crippen molar-refractivity contribution in [2.45, 2.75) is 24.4 Å². The number of nitrogens with zero attached hydrogens (tertiary/aromatic N) is 3. The summed E-state index contributed by atoms with van der Waals surface area (Å²) in [6.07, 6.45) is 1.88. The van der Waals surface area contributed by atoms with Crippen LogP contribution in [0.3, 0.4) is 0 Å². The van der Waals surface area contributed by atoms with Gasteiger partial charge in [0.25, 0.3) is 0 Å². The van der Waals surface area contributed by atoms with Gasteiger partial charge in [0, 0.05) is 17.6 Å². The summed E-state index contributed by atoms with van der Waals surface area (Å²) < 4.78 is 6.24. The molecule has 2 atom stereocenters. The Morgan fingerprint density at radius 2 is 1.51 bits per heavy atom. The van der Waals surface area contributed by atoms with Crippen LogP contribution < -0.4 is 0 Å². The van der Waals surface area contributed by atoms with E-state index in [1.54, 1.807) is 0 Å². The molecule has 1 aliphatic heterocycles. The molecule has 0 spiro atoms. The summed E-state index contributed by atoms with van der Waals surface area (Å²) >= 11 is 3.64. The van der Waals surface area contributed by atoms with E-state index in [-0.39, 0.29) is 24.7 Å². The molecule has 0 aliphatic carbocycles. The van der Waals surface area contributed by atoms with E-state index in [0.29, 0.717) is 12.2 Å². The van der Waals surface area contributed by atoms with Crippen molar-refractivity contribution in [2.24, 2.45) is 4.99 Å². The molecular weight excluding hydrogens is 550 g/mol. The van der Waals surface area contributed by atoms with Gasteiger partial charge in [0.05, 0.1) is 29.7 Å². The summed E-state index contributed by atoms with van der Waals surface area (Å²) in [6, 6.07) is 39.2. The highest BCUT2D eigenvalue weighted by Crippen LogP contribution is 2.52. The van der Waals surface area contributed by atoms with E-state index in [9.17, 15) is 10.1 Å². The number of rotatable bonds is 8.